The smallest absolute Gasteiger partial charge is 0.326 e. The van der Waals surface area contributed by atoms with Gasteiger partial charge in [-0.25, -0.2) is 13.9 Å². The Bertz CT molecular complexity index is 680. The van der Waals surface area contributed by atoms with E-state index in [2.05, 4.69) is 10.4 Å². The molecule has 116 valence electrons. The SMILES string of the molecule is CC(C)[C@H](NC(=O)c1ccn(-c2ccc(F)cc2)n1)C(=O)O. The number of amides is 1. The molecule has 0 unspecified atom stereocenters. The van der Waals surface area contributed by atoms with Gasteiger partial charge in [0.1, 0.15) is 11.9 Å². The van der Waals surface area contributed by atoms with Crippen LogP contribution in [0.25, 0.3) is 5.69 Å². The minimum absolute atomic E-state index is 0.0937. The third-order valence-electron chi connectivity index (χ3n) is 3.13. The molecule has 7 heteroatoms. The van der Waals surface area contributed by atoms with Crippen LogP contribution in [-0.2, 0) is 4.79 Å². The quantitative estimate of drug-likeness (QED) is 0.883. The van der Waals surface area contributed by atoms with E-state index < -0.39 is 17.9 Å². The van der Waals surface area contributed by atoms with Crippen molar-refractivity contribution in [2.24, 2.45) is 5.92 Å². The number of nitrogens with zero attached hydrogens (tertiary/aromatic N) is 2. The molecule has 0 aliphatic carbocycles. The van der Waals surface area contributed by atoms with E-state index in [4.69, 9.17) is 5.11 Å². The number of carbonyl (C=O) groups is 2. The second kappa shape index (κ2) is 6.38. The molecule has 1 atom stereocenters. The highest BCUT2D eigenvalue weighted by Gasteiger charge is 2.24. The van der Waals surface area contributed by atoms with Gasteiger partial charge in [-0.2, -0.15) is 5.10 Å². The lowest BCUT2D eigenvalue weighted by atomic mass is 10.0. The van der Waals surface area contributed by atoms with Crippen LogP contribution in [0.4, 0.5) is 4.39 Å². The number of carboxylic acid groups (broad SMARTS) is 1. The summed E-state index contributed by atoms with van der Waals surface area (Å²) >= 11 is 0. The lowest BCUT2D eigenvalue weighted by molar-refractivity contribution is -0.140. The van der Waals surface area contributed by atoms with Crippen molar-refractivity contribution in [2.75, 3.05) is 0 Å². The molecule has 2 aromatic rings. The van der Waals surface area contributed by atoms with E-state index in [1.54, 1.807) is 20.0 Å². The van der Waals surface area contributed by atoms with E-state index in [0.29, 0.717) is 5.69 Å². The standard InChI is InChI=1S/C15H16FN3O3/c1-9(2)13(15(21)22)17-14(20)12-7-8-19(18-12)11-5-3-10(16)4-6-11/h3-9,13H,1-2H3,(H,17,20)(H,21,22)/t13-/m0/s1. The maximum absolute atomic E-state index is 12.9. The highest BCUT2D eigenvalue weighted by molar-refractivity contribution is 5.95. The summed E-state index contributed by atoms with van der Waals surface area (Å²) in [5, 5.41) is 15.6. The van der Waals surface area contributed by atoms with Crippen molar-refractivity contribution in [3.63, 3.8) is 0 Å². The summed E-state index contributed by atoms with van der Waals surface area (Å²) in [5.41, 5.74) is 0.690. The molecule has 0 saturated heterocycles. The highest BCUT2D eigenvalue weighted by atomic mass is 19.1. The molecular formula is C15H16FN3O3. The van der Waals surface area contributed by atoms with Crippen LogP contribution in [0.3, 0.4) is 0 Å². The van der Waals surface area contributed by atoms with Crippen LogP contribution in [-0.4, -0.2) is 32.8 Å². The maximum Gasteiger partial charge on any atom is 0.326 e. The first kappa shape index (κ1) is 15.7. The van der Waals surface area contributed by atoms with Gasteiger partial charge in [0.15, 0.2) is 5.69 Å². The van der Waals surface area contributed by atoms with Gasteiger partial charge in [0, 0.05) is 6.20 Å². The van der Waals surface area contributed by atoms with Gasteiger partial charge in [0.05, 0.1) is 5.69 Å². The molecule has 0 bridgehead atoms. The van der Waals surface area contributed by atoms with Crippen LogP contribution in [0.2, 0.25) is 0 Å². The minimum atomic E-state index is -1.10. The molecule has 1 amide bonds. The summed E-state index contributed by atoms with van der Waals surface area (Å²) in [4.78, 5) is 23.1. The van der Waals surface area contributed by atoms with E-state index in [1.165, 1.54) is 35.0 Å². The zero-order chi connectivity index (χ0) is 16.3. The predicted octanol–water partition coefficient (Wildman–Crippen LogP) is 1.85. The summed E-state index contributed by atoms with van der Waals surface area (Å²) in [6, 6.07) is 6.11. The molecule has 0 aliphatic rings. The van der Waals surface area contributed by atoms with Gasteiger partial charge in [-0.05, 0) is 36.2 Å². The number of hydrogen-bond acceptors (Lipinski definition) is 3. The highest BCUT2D eigenvalue weighted by Crippen LogP contribution is 2.10. The fraction of sp³-hybridized carbons (Fsp3) is 0.267. The minimum Gasteiger partial charge on any atom is -0.480 e. The first-order valence-corrected chi connectivity index (χ1v) is 6.74. The molecule has 0 fully saturated rings. The number of nitrogens with one attached hydrogen (secondary N) is 1. The van der Waals surface area contributed by atoms with E-state index in [1.807, 2.05) is 0 Å². The third kappa shape index (κ3) is 3.49. The predicted molar refractivity (Wildman–Crippen MR) is 77.3 cm³/mol. The fourth-order valence-corrected chi connectivity index (χ4v) is 1.91. The van der Waals surface area contributed by atoms with Crippen LogP contribution < -0.4 is 5.32 Å². The molecule has 0 aliphatic heterocycles. The number of halogens is 1. The summed E-state index contributed by atoms with van der Waals surface area (Å²) in [5.74, 6) is -2.28. The Morgan fingerprint density at radius 2 is 1.86 bits per heavy atom. The lowest BCUT2D eigenvalue weighted by Crippen LogP contribution is -2.44. The molecule has 0 saturated carbocycles. The molecule has 1 aromatic carbocycles. The van der Waals surface area contributed by atoms with Gasteiger partial charge in [-0.15, -0.1) is 0 Å². The van der Waals surface area contributed by atoms with E-state index in [0.717, 1.165) is 0 Å². The van der Waals surface area contributed by atoms with Crippen LogP contribution in [0.1, 0.15) is 24.3 Å². The van der Waals surface area contributed by atoms with Crippen molar-refractivity contribution in [1.82, 2.24) is 15.1 Å². The van der Waals surface area contributed by atoms with Crippen LogP contribution in [0.15, 0.2) is 36.5 Å². The van der Waals surface area contributed by atoms with E-state index in [9.17, 15) is 14.0 Å². The second-order valence-electron chi connectivity index (χ2n) is 5.16. The topological polar surface area (TPSA) is 84.2 Å². The third-order valence-corrected chi connectivity index (χ3v) is 3.13. The first-order chi connectivity index (χ1) is 10.4. The van der Waals surface area contributed by atoms with Gasteiger partial charge in [-0.1, -0.05) is 13.8 Å². The number of aromatic nitrogens is 2. The molecule has 1 heterocycles. The Balaban J connectivity index is 2.15. The van der Waals surface area contributed by atoms with Crippen LogP contribution >= 0.6 is 0 Å². The van der Waals surface area contributed by atoms with E-state index in [-0.39, 0.29) is 17.4 Å². The maximum atomic E-state index is 12.9. The Kier molecular flexibility index (Phi) is 4.55. The van der Waals surface area contributed by atoms with Crippen molar-refractivity contribution >= 4 is 11.9 Å². The summed E-state index contributed by atoms with van der Waals surface area (Å²) in [7, 11) is 0. The van der Waals surface area contributed by atoms with Crippen molar-refractivity contribution in [1.29, 1.82) is 0 Å². The molecule has 1 aromatic heterocycles. The largest absolute Gasteiger partial charge is 0.480 e. The number of aliphatic carboxylic acids is 1. The lowest BCUT2D eigenvalue weighted by Gasteiger charge is -2.16. The van der Waals surface area contributed by atoms with Crippen molar-refractivity contribution in [2.45, 2.75) is 19.9 Å². The first-order valence-electron chi connectivity index (χ1n) is 6.74. The number of benzene rings is 1. The van der Waals surface area contributed by atoms with Gasteiger partial charge >= 0.3 is 5.97 Å². The number of hydrogen-bond donors (Lipinski definition) is 2. The Morgan fingerprint density at radius 1 is 1.23 bits per heavy atom. The fourth-order valence-electron chi connectivity index (χ4n) is 1.91. The van der Waals surface area contributed by atoms with Gasteiger partial charge < -0.3 is 10.4 Å². The Labute approximate surface area is 126 Å². The van der Waals surface area contributed by atoms with Crippen molar-refractivity contribution in [3.05, 3.63) is 48.0 Å². The second-order valence-corrected chi connectivity index (χ2v) is 5.16. The summed E-state index contributed by atoms with van der Waals surface area (Å²) in [6.45, 7) is 3.41. The molecule has 2 rings (SSSR count). The van der Waals surface area contributed by atoms with Crippen LogP contribution in [0.5, 0.6) is 0 Å². The summed E-state index contributed by atoms with van der Waals surface area (Å²) in [6.07, 6.45) is 1.55. The Morgan fingerprint density at radius 3 is 2.41 bits per heavy atom. The molecule has 0 spiro atoms. The normalized spacial score (nSPS) is 12.2. The molecule has 0 radical (unpaired) electrons. The number of rotatable bonds is 5. The van der Waals surface area contributed by atoms with Gasteiger partial charge in [-0.3, -0.25) is 4.79 Å². The average Bonchev–Trinajstić information content (AvgIpc) is 2.94. The van der Waals surface area contributed by atoms with E-state index >= 15 is 0 Å². The van der Waals surface area contributed by atoms with Crippen molar-refractivity contribution < 1.29 is 19.1 Å². The molecule has 22 heavy (non-hydrogen) atoms. The van der Waals surface area contributed by atoms with Gasteiger partial charge in [0.25, 0.3) is 5.91 Å². The number of carboxylic acids is 1. The molecule has 6 nitrogen and oxygen atoms in total. The zero-order valence-corrected chi connectivity index (χ0v) is 12.2. The van der Waals surface area contributed by atoms with Crippen LogP contribution in [0, 0.1) is 11.7 Å². The number of carbonyl (C=O) groups excluding carboxylic acids is 1. The molecular weight excluding hydrogens is 289 g/mol. The zero-order valence-electron chi connectivity index (χ0n) is 12.2. The van der Waals surface area contributed by atoms with Crippen molar-refractivity contribution in [3.8, 4) is 5.69 Å². The monoisotopic (exact) mass is 305 g/mol. The average molecular weight is 305 g/mol. The molecule has 2 N–H and O–H groups in total. The van der Waals surface area contributed by atoms with Gasteiger partial charge in [0.2, 0.25) is 0 Å². The Hall–Kier alpha value is -2.70. The summed E-state index contributed by atoms with van der Waals surface area (Å²) < 4.78 is 14.3.